The number of benzene rings is 2. The summed E-state index contributed by atoms with van der Waals surface area (Å²) in [4.78, 5) is 36.2. The van der Waals surface area contributed by atoms with Crippen molar-refractivity contribution in [2.75, 3.05) is 31.2 Å². The van der Waals surface area contributed by atoms with Crippen LogP contribution >= 0.6 is 15.9 Å². The predicted octanol–water partition coefficient (Wildman–Crippen LogP) is 5.48. The molecule has 1 saturated heterocycles. The second-order valence-electron chi connectivity index (χ2n) is 9.05. The van der Waals surface area contributed by atoms with E-state index in [0.717, 1.165) is 38.0 Å². The van der Waals surface area contributed by atoms with Crippen LogP contribution in [0.1, 0.15) is 23.2 Å². The fourth-order valence-electron chi connectivity index (χ4n) is 4.77. The van der Waals surface area contributed by atoms with Crippen molar-refractivity contribution in [1.82, 2.24) is 14.5 Å². The van der Waals surface area contributed by atoms with Crippen LogP contribution in [0.25, 0.3) is 39.1 Å². The summed E-state index contributed by atoms with van der Waals surface area (Å²) in [7, 11) is 0. The number of ether oxygens (including phenoxy) is 1. The Morgan fingerprint density at radius 3 is 2.61 bits per heavy atom. The zero-order valence-corrected chi connectivity index (χ0v) is 21.8. The van der Waals surface area contributed by atoms with E-state index in [9.17, 15) is 9.59 Å². The standard InChI is InChI=1S/C28H23BrN4O5/c29-18-4-6-23-19(15-18)21(24(34)7-8-26(35)36)16-33(23)28-30-22-5-3-17(25-2-1-11-38-25)14-20(22)27(31-28)32-9-12-37-13-10-32/h1-6,11,14-16H,7-10,12-13H2,(H,35,36). The van der Waals surface area contributed by atoms with E-state index in [1.165, 1.54) is 0 Å². The van der Waals surface area contributed by atoms with E-state index in [2.05, 4.69) is 20.8 Å². The van der Waals surface area contributed by atoms with Gasteiger partial charge in [0, 0.05) is 52.1 Å². The molecule has 0 radical (unpaired) electrons. The van der Waals surface area contributed by atoms with Gasteiger partial charge in [0.05, 0.1) is 36.9 Å². The lowest BCUT2D eigenvalue weighted by molar-refractivity contribution is -0.136. The second kappa shape index (κ2) is 10.0. The molecule has 1 fully saturated rings. The molecule has 0 amide bonds. The van der Waals surface area contributed by atoms with Crippen molar-refractivity contribution in [3.8, 4) is 17.3 Å². The van der Waals surface area contributed by atoms with Gasteiger partial charge in [-0.2, -0.15) is 4.98 Å². The number of carbonyl (C=O) groups is 2. The van der Waals surface area contributed by atoms with E-state index in [4.69, 9.17) is 24.2 Å². The number of carboxylic acids is 1. The number of fused-ring (bicyclic) bond motifs is 2. The molecule has 0 spiro atoms. The largest absolute Gasteiger partial charge is 0.481 e. The number of nitrogens with zero attached hydrogens (tertiary/aromatic N) is 4. The van der Waals surface area contributed by atoms with E-state index in [1.54, 1.807) is 17.0 Å². The van der Waals surface area contributed by atoms with Gasteiger partial charge in [0.2, 0.25) is 5.95 Å². The van der Waals surface area contributed by atoms with Gasteiger partial charge in [-0.15, -0.1) is 0 Å². The number of ketones is 1. The molecular weight excluding hydrogens is 552 g/mol. The zero-order chi connectivity index (χ0) is 26.2. The van der Waals surface area contributed by atoms with Crippen molar-refractivity contribution in [2.45, 2.75) is 12.8 Å². The minimum atomic E-state index is -1.01. The summed E-state index contributed by atoms with van der Waals surface area (Å²) in [5.41, 5.74) is 2.87. The maximum atomic E-state index is 13.0. The van der Waals surface area contributed by atoms with E-state index < -0.39 is 5.97 Å². The molecule has 0 atom stereocenters. The normalized spacial score (nSPS) is 13.9. The molecule has 0 unspecified atom stereocenters. The number of halogens is 1. The molecular formula is C28H23BrN4O5. The van der Waals surface area contributed by atoms with E-state index in [-0.39, 0.29) is 18.6 Å². The number of rotatable bonds is 7. The highest BCUT2D eigenvalue weighted by atomic mass is 79.9. The van der Waals surface area contributed by atoms with Gasteiger partial charge in [-0.05, 0) is 48.5 Å². The Bertz CT molecular complexity index is 1670. The number of carboxylic acid groups (broad SMARTS) is 1. The van der Waals surface area contributed by atoms with Crippen LogP contribution in [0, 0.1) is 0 Å². The Balaban J connectivity index is 1.53. The summed E-state index contributed by atoms with van der Waals surface area (Å²) in [6, 6.07) is 15.4. The first-order valence-electron chi connectivity index (χ1n) is 12.2. The minimum Gasteiger partial charge on any atom is -0.481 e. The van der Waals surface area contributed by atoms with Crippen LogP contribution in [0.2, 0.25) is 0 Å². The van der Waals surface area contributed by atoms with Crippen LogP contribution in [0.5, 0.6) is 0 Å². The van der Waals surface area contributed by atoms with Crippen molar-refractivity contribution in [1.29, 1.82) is 0 Å². The van der Waals surface area contributed by atoms with Crippen molar-refractivity contribution >= 4 is 55.3 Å². The number of Topliss-reactive ketones (excluding diaryl/α,β-unsaturated/α-hetero) is 1. The highest BCUT2D eigenvalue weighted by Gasteiger charge is 2.22. The Kier molecular flexibility index (Phi) is 6.42. The monoisotopic (exact) mass is 574 g/mol. The van der Waals surface area contributed by atoms with E-state index in [1.807, 2.05) is 48.5 Å². The zero-order valence-electron chi connectivity index (χ0n) is 20.3. The van der Waals surface area contributed by atoms with Crippen molar-refractivity contribution in [3.05, 3.63) is 71.0 Å². The third-order valence-corrected chi connectivity index (χ3v) is 7.12. The Morgan fingerprint density at radius 2 is 1.84 bits per heavy atom. The first-order chi connectivity index (χ1) is 18.5. The molecule has 0 aliphatic carbocycles. The summed E-state index contributed by atoms with van der Waals surface area (Å²) >= 11 is 3.49. The van der Waals surface area contributed by atoms with Gasteiger partial charge in [0.15, 0.2) is 5.78 Å². The molecule has 4 heterocycles. The Morgan fingerprint density at radius 1 is 1.00 bits per heavy atom. The molecule has 2 aromatic carbocycles. The molecule has 6 rings (SSSR count). The Labute approximate surface area is 225 Å². The number of hydrogen-bond donors (Lipinski definition) is 1. The minimum absolute atomic E-state index is 0.0892. The quantitative estimate of drug-likeness (QED) is 0.254. The van der Waals surface area contributed by atoms with Crippen LogP contribution in [-0.2, 0) is 9.53 Å². The molecule has 192 valence electrons. The molecule has 10 heteroatoms. The fourth-order valence-corrected chi connectivity index (χ4v) is 5.13. The fraction of sp³-hybridized carbons (Fsp3) is 0.214. The van der Waals surface area contributed by atoms with Gasteiger partial charge in [-0.1, -0.05) is 15.9 Å². The average Bonchev–Trinajstić information content (AvgIpc) is 3.60. The van der Waals surface area contributed by atoms with Crippen LogP contribution in [0.15, 0.2) is 69.9 Å². The number of anilines is 1. The van der Waals surface area contributed by atoms with Gasteiger partial charge in [0.25, 0.3) is 0 Å². The summed E-state index contributed by atoms with van der Waals surface area (Å²) in [6.07, 6.45) is 3.04. The first kappa shape index (κ1) is 24.3. The molecule has 38 heavy (non-hydrogen) atoms. The van der Waals surface area contributed by atoms with Crippen molar-refractivity contribution < 1.29 is 23.8 Å². The first-order valence-corrected chi connectivity index (χ1v) is 13.0. The number of aromatic nitrogens is 3. The van der Waals surface area contributed by atoms with Crippen LogP contribution in [-0.4, -0.2) is 57.7 Å². The van der Waals surface area contributed by atoms with Gasteiger partial charge in [-0.3, -0.25) is 14.2 Å². The van der Waals surface area contributed by atoms with E-state index in [0.29, 0.717) is 43.2 Å². The number of morpholine rings is 1. The van der Waals surface area contributed by atoms with Crippen LogP contribution in [0.4, 0.5) is 5.82 Å². The molecule has 9 nitrogen and oxygen atoms in total. The predicted molar refractivity (Wildman–Crippen MR) is 146 cm³/mol. The van der Waals surface area contributed by atoms with Crippen molar-refractivity contribution in [2.24, 2.45) is 0 Å². The van der Waals surface area contributed by atoms with Crippen LogP contribution < -0.4 is 4.90 Å². The number of carbonyl (C=O) groups excluding carboxylic acids is 1. The molecule has 1 aliphatic rings. The molecule has 0 bridgehead atoms. The summed E-state index contributed by atoms with van der Waals surface area (Å²) in [5, 5.41) is 10.7. The lowest BCUT2D eigenvalue weighted by atomic mass is 10.1. The summed E-state index contributed by atoms with van der Waals surface area (Å²) in [6.45, 7) is 2.58. The van der Waals surface area contributed by atoms with E-state index >= 15 is 0 Å². The summed E-state index contributed by atoms with van der Waals surface area (Å²) in [5.74, 6) is 0.709. The SMILES string of the molecule is O=C(O)CCC(=O)c1cn(-c2nc(N3CCOCC3)c3cc(-c4ccco4)ccc3n2)c2ccc(Br)cc12. The number of hydrogen-bond acceptors (Lipinski definition) is 7. The van der Waals surface area contributed by atoms with Crippen LogP contribution in [0.3, 0.4) is 0 Å². The third-order valence-electron chi connectivity index (χ3n) is 6.63. The molecule has 0 saturated carbocycles. The number of aliphatic carboxylic acids is 1. The topological polar surface area (TPSA) is 111 Å². The van der Waals surface area contributed by atoms with Gasteiger partial charge < -0.3 is 19.2 Å². The van der Waals surface area contributed by atoms with Crippen molar-refractivity contribution in [3.63, 3.8) is 0 Å². The maximum absolute atomic E-state index is 13.0. The summed E-state index contributed by atoms with van der Waals surface area (Å²) < 4.78 is 13.8. The molecule has 5 aromatic rings. The maximum Gasteiger partial charge on any atom is 0.303 e. The highest BCUT2D eigenvalue weighted by Crippen LogP contribution is 2.33. The number of furan rings is 1. The average molecular weight is 575 g/mol. The Hall–Kier alpha value is -4.02. The highest BCUT2D eigenvalue weighted by molar-refractivity contribution is 9.10. The lowest BCUT2D eigenvalue weighted by Crippen LogP contribution is -2.37. The molecule has 3 aromatic heterocycles. The lowest BCUT2D eigenvalue weighted by Gasteiger charge is -2.29. The van der Waals surface area contributed by atoms with Gasteiger partial charge in [0.1, 0.15) is 11.6 Å². The van der Waals surface area contributed by atoms with Gasteiger partial charge >= 0.3 is 5.97 Å². The second-order valence-corrected chi connectivity index (χ2v) is 9.96. The molecule has 1 N–H and O–H groups in total. The smallest absolute Gasteiger partial charge is 0.303 e. The third kappa shape index (κ3) is 4.57. The van der Waals surface area contributed by atoms with Gasteiger partial charge in [-0.25, -0.2) is 4.98 Å². The molecule has 1 aliphatic heterocycles.